The second kappa shape index (κ2) is 4.74. The van der Waals surface area contributed by atoms with Crippen LogP contribution in [0.3, 0.4) is 0 Å². The first-order chi connectivity index (χ1) is 8.56. The van der Waals surface area contributed by atoms with Gasteiger partial charge in [-0.2, -0.15) is 4.68 Å². The molecule has 2 aromatic rings. The molecule has 0 radical (unpaired) electrons. The van der Waals surface area contributed by atoms with Gasteiger partial charge < -0.3 is 10.1 Å². The minimum absolute atomic E-state index is 0.0656. The Labute approximate surface area is 102 Å². The maximum absolute atomic E-state index is 11.8. The standard InChI is InChI=1S/C11H10N4O3/c1-8-2-4-9(5-3-8)10(16)6-14-7-12-11(13-14)15(17)18/h2-5,7H,6H2,1H3. The molecule has 1 aromatic heterocycles. The molecule has 2 rings (SSSR count). The van der Waals surface area contributed by atoms with E-state index in [1.54, 1.807) is 12.1 Å². The van der Waals surface area contributed by atoms with E-state index in [1.807, 2.05) is 19.1 Å². The van der Waals surface area contributed by atoms with Gasteiger partial charge in [0.15, 0.2) is 5.78 Å². The molecule has 0 aliphatic heterocycles. The van der Waals surface area contributed by atoms with Gasteiger partial charge in [0.05, 0.1) is 0 Å². The molecule has 0 saturated carbocycles. The summed E-state index contributed by atoms with van der Waals surface area (Å²) < 4.78 is 1.15. The summed E-state index contributed by atoms with van der Waals surface area (Å²) in [6.07, 6.45) is 1.17. The van der Waals surface area contributed by atoms with E-state index in [2.05, 4.69) is 10.1 Å². The van der Waals surface area contributed by atoms with E-state index >= 15 is 0 Å². The molecule has 0 amide bonds. The number of nitrogens with zero attached hydrogens (tertiary/aromatic N) is 4. The fourth-order valence-corrected chi connectivity index (χ4v) is 1.42. The second-order valence-corrected chi connectivity index (χ2v) is 3.79. The van der Waals surface area contributed by atoms with Crippen LogP contribution in [0.15, 0.2) is 30.6 Å². The number of benzene rings is 1. The van der Waals surface area contributed by atoms with Gasteiger partial charge in [-0.3, -0.25) is 4.79 Å². The highest BCUT2D eigenvalue weighted by atomic mass is 16.6. The number of aryl methyl sites for hydroxylation is 1. The average molecular weight is 246 g/mol. The van der Waals surface area contributed by atoms with Crippen LogP contribution in [0.5, 0.6) is 0 Å². The molecule has 7 nitrogen and oxygen atoms in total. The summed E-state index contributed by atoms with van der Waals surface area (Å²) in [5.41, 5.74) is 1.60. The van der Waals surface area contributed by atoms with Crippen LogP contribution in [0, 0.1) is 17.0 Å². The number of nitro groups is 1. The maximum Gasteiger partial charge on any atom is 0.490 e. The predicted octanol–water partition coefficient (Wildman–Crippen LogP) is 1.38. The fourth-order valence-electron chi connectivity index (χ4n) is 1.42. The van der Waals surface area contributed by atoms with Gasteiger partial charge in [-0.1, -0.05) is 34.8 Å². The third kappa shape index (κ3) is 2.57. The third-order valence-corrected chi connectivity index (χ3v) is 2.37. The lowest BCUT2D eigenvalue weighted by Crippen LogP contribution is -2.11. The molecule has 7 heteroatoms. The van der Waals surface area contributed by atoms with E-state index in [1.165, 1.54) is 6.33 Å². The number of aromatic nitrogens is 3. The Balaban J connectivity index is 2.11. The Hall–Kier alpha value is -2.57. The molecule has 0 unspecified atom stereocenters. The normalized spacial score (nSPS) is 10.3. The topological polar surface area (TPSA) is 90.9 Å². The van der Waals surface area contributed by atoms with Crippen LogP contribution in [0.1, 0.15) is 15.9 Å². The summed E-state index contributed by atoms with van der Waals surface area (Å²) in [6, 6.07) is 7.08. The molecule has 0 atom stereocenters. The molecule has 0 N–H and O–H groups in total. The number of hydrogen-bond donors (Lipinski definition) is 0. The van der Waals surface area contributed by atoms with Crippen molar-refractivity contribution in [2.75, 3.05) is 0 Å². The third-order valence-electron chi connectivity index (χ3n) is 2.37. The number of hydrogen-bond acceptors (Lipinski definition) is 5. The van der Waals surface area contributed by atoms with Gasteiger partial charge in [0, 0.05) is 10.7 Å². The van der Waals surface area contributed by atoms with Crippen molar-refractivity contribution in [1.82, 2.24) is 14.8 Å². The zero-order chi connectivity index (χ0) is 13.1. The summed E-state index contributed by atoms with van der Waals surface area (Å²) in [7, 11) is 0. The van der Waals surface area contributed by atoms with Gasteiger partial charge in [0.1, 0.15) is 6.54 Å². The van der Waals surface area contributed by atoms with Gasteiger partial charge in [-0.05, 0) is 11.8 Å². The maximum atomic E-state index is 11.8. The minimum Gasteiger partial charge on any atom is -0.390 e. The second-order valence-electron chi connectivity index (χ2n) is 3.79. The quantitative estimate of drug-likeness (QED) is 0.461. The van der Waals surface area contributed by atoms with Crippen LogP contribution in [0.4, 0.5) is 5.95 Å². The summed E-state index contributed by atoms with van der Waals surface area (Å²) >= 11 is 0. The number of carbonyl (C=O) groups excluding carboxylic acids is 1. The van der Waals surface area contributed by atoms with E-state index < -0.39 is 10.9 Å². The smallest absolute Gasteiger partial charge is 0.390 e. The van der Waals surface area contributed by atoms with Gasteiger partial charge in [-0.15, -0.1) is 0 Å². The lowest BCUT2D eigenvalue weighted by atomic mass is 10.1. The predicted molar refractivity (Wildman–Crippen MR) is 62.2 cm³/mol. The number of ketones is 1. The molecule has 18 heavy (non-hydrogen) atoms. The van der Waals surface area contributed by atoms with Crippen molar-refractivity contribution < 1.29 is 9.72 Å². The Bertz CT molecular complexity index is 589. The van der Waals surface area contributed by atoms with Crippen LogP contribution in [-0.4, -0.2) is 25.5 Å². The van der Waals surface area contributed by atoms with Crippen LogP contribution in [0.25, 0.3) is 0 Å². The van der Waals surface area contributed by atoms with Gasteiger partial charge in [-0.25, -0.2) is 0 Å². The van der Waals surface area contributed by atoms with Crippen molar-refractivity contribution in [3.8, 4) is 0 Å². The van der Waals surface area contributed by atoms with E-state index in [9.17, 15) is 14.9 Å². The van der Waals surface area contributed by atoms with Crippen LogP contribution in [0.2, 0.25) is 0 Å². The van der Waals surface area contributed by atoms with Crippen LogP contribution >= 0.6 is 0 Å². The number of Topliss-reactive ketones (excluding diaryl/α,β-unsaturated/α-hetero) is 1. The van der Waals surface area contributed by atoms with Crippen molar-refractivity contribution in [2.24, 2.45) is 0 Å². The monoisotopic (exact) mass is 246 g/mol. The Morgan fingerprint density at radius 2 is 2.06 bits per heavy atom. The average Bonchev–Trinajstić information content (AvgIpc) is 2.78. The highest BCUT2D eigenvalue weighted by molar-refractivity contribution is 5.95. The zero-order valence-electron chi connectivity index (χ0n) is 9.61. The largest absolute Gasteiger partial charge is 0.490 e. The van der Waals surface area contributed by atoms with Gasteiger partial charge >= 0.3 is 5.95 Å². The van der Waals surface area contributed by atoms with Crippen molar-refractivity contribution in [1.29, 1.82) is 0 Å². The summed E-state index contributed by atoms with van der Waals surface area (Å²) in [4.78, 5) is 25.0. The summed E-state index contributed by atoms with van der Waals surface area (Å²) in [5, 5.41) is 14.0. The van der Waals surface area contributed by atoms with E-state index in [0.29, 0.717) is 5.56 Å². The lowest BCUT2D eigenvalue weighted by molar-refractivity contribution is -0.394. The first-order valence-electron chi connectivity index (χ1n) is 5.20. The van der Waals surface area contributed by atoms with Gasteiger partial charge in [0.25, 0.3) is 0 Å². The number of rotatable bonds is 4. The molecule has 0 aliphatic rings. The van der Waals surface area contributed by atoms with Crippen LogP contribution < -0.4 is 0 Å². The van der Waals surface area contributed by atoms with E-state index in [4.69, 9.17) is 0 Å². The Morgan fingerprint density at radius 1 is 1.39 bits per heavy atom. The Kier molecular flexibility index (Phi) is 3.13. The van der Waals surface area contributed by atoms with Crippen LogP contribution in [-0.2, 0) is 6.54 Å². The summed E-state index contributed by atoms with van der Waals surface area (Å²) in [6.45, 7) is 1.86. The molecule has 0 aliphatic carbocycles. The first-order valence-corrected chi connectivity index (χ1v) is 5.20. The minimum atomic E-state index is -0.702. The SMILES string of the molecule is Cc1ccc(C(=O)Cn2cnc([N+](=O)[O-])n2)cc1. The molecule has 0 bridgehead atoms. The van der Waals surface area contributed by atoms with Crippen molar-refractivity contribution >= 4 is 11.7 Å². The molecule has 92 valence electrons. The van der Waals surface area contributed by atoms with Crippen molar-refractivity contribution in [3.63, 3.8) is 0 Å². The molecular formula is C11H10N4O3. The van der Waals surface area contributed by atoms with Gasteiger partial charge in [0.2, 0.25) is 6.33 Å². The molecule has 0 saturated heterocycles. The summed E-state index contributed by atoms with van der Waals surface area (Å²) in [5.74, 6) is -0.679. The molecule has 1 aromatic carbocycles. The van der Waals surface area contributed by atoms with Crippen molar-refractivity contribution in [3.05, 3.63) is 51.8 Å². The zero-order valence-corrected chi connectivity index (χ0v) is 9.61. The highest BCUT2D eigenvalue weighted by Gasteiger charge is 2.15. The van der Waals surface area contributed by atoms with E-state index in [0.717, 1.165) is 10.2 Å². The molecule has 0 spiro atoms. The van der Waals surface area contributed by atoms with E-state index in [-0.39, 0.29) is 12.3 Å². The number of carbonyl (C=O) groups is 1. The first kappa shape index (κ1) is 11.9. The van der Waals surface area contributed by atoms with Crippen molar-refractivity contribution in [2.45, 2.75) is 13.5 Å². The molecular weight excluding hydrogens is 236 g/mol. The molecule has 0 fully saturated rings. The highest BCUT2D eigenvalue weighted by Crippen LogP contribution is 2.06. The molecule has 1 heterocycles. The lowest BCUT2D eigenvalue weighted by Gasteiger charge is -1.99. The fraction of sp³-hybridized carbons (Fsp3) is 0.182. The Morgan fingerprint density at radius 3 is 2.61 bits per heavy atom.